The molecule has 9 nitrogen and oxygen atoms in total. The SMILES string of the molecule is CNc1ccc(NC(=O)N(c2ccccc2)c2ncc3c[nH]nc3n2)cn1. The van der Waals surface area contributed by atoms with Crippen molar-refractivity contribution in [3.63, 3.8) is 0 Å². The summed E-state index contributed by atoms with van der Waals surface area (Å²) in [6.07, 6.45) is 4.89. The van der Waals surface area contributed by atoms with Gasteiger partial charge in [-0.2, -0.15) is 10.1 Å². The number of carbonyl (C=O) groups is 1. The molecule has 0 aliphatic rings. The Balaban J connectivity index is 1.69. The molecule has 0 saturated carbocycles. The van der Waals surface area contributed by atoms with Crippen LogP contribution in [-0.2, 0) is 0 Å². The second-order valence-corrected chi connectivity index (χ2v) is 5.62. The Bertz CT molecular complexity index is 1060. The lowest BCUT2D eigenvalue weighted by Gasteiger charge is -2.21. The molecule has 4 rings (SSSR count). The summed E-state index contributed by atoms with van der Waals surface area (Å²) in [6.45, 7) is 0. The van der Waals surface area contributed by atoms with Gasteiger partial charge in [-0.3, -0.25) is 5.10 Å². The van der Waals surface area contributed by atoms with Crippen molar-refractivity contribution in [3.05, 3.63) is 61.1 Å². The molecule has 9 heteroatoms. The van der Waals surface area contributed by atoms with Crippen LogP contribution in [0.25, 0.3) is 11.0 Å². The standard InChI is InChI=1S/C18H16N8O/c1-19-15-8-7-13(11-20-15)23-18(27)26(14-5-3-2-4-6-14)17-21-9-12-10-22-25-16(12)24-17/h2-11H,1H3,(H,19,20)(H,23,27)(H,21,22,24,25). The number of carbonyl (C=O) groups excluding carboxylic acids is 1. The maximum absolute atomic E-state index is 13.0. The summed E-state index contributed by atoms with van der Waals surface area (Å²) in [7, 11) is 1.78. The van der Waals surface area contributed by atoms with E-state index in [1.54, 1.807) is 49.9 Å². The fourth-order valence-corrected chi connectivity index (χ4v) is 2.53. The van der Waals surface area contributed by atoms with Gasteiger partial charge >= 0.3 is 6.03 Å². The van der Waals surface area contributed by atoms with E-state index in [1.807, 2.05) is 18.2 Å². The number of anilines is 4. The van der Waals surface area contributed by atoms with E-state index in [0.717, 1.165) is 5.39 Å². The maximum atomic E-state index is 13.0. The minimum absolute atomic E-state index is 0.220. The highest BCUT2D eigenvalue weighted by Crippen LogP contribution is 2.24. The van der Waals surface area contributed by atoms with Crippen molar-refractivity contribution >= 4 is 40.2 Å². The number of pyridine rings is 1. The average molecular weight is 360 g/mol. The molecule has 1 aromatic carbocycles. The van der Waals surface area contributed by atoms with Crippen molar-refractivity contribution in [2.75, 3.05) is 22.6 Å². The number of aromatic nitrogens is 5. The summed E-state index contributed by atoms with van der Waals surface area (Å²) in [6, 6.07) is 12.3. The van der Waals surface area contributed by atoms with Crippen LogP contribution in [0.1, 0.15) is 0 Å². The number of rotatable bonds is 4. The van der Waals surface area contributed by atoms with Crippen LogP contribution in [-0.4, -0.2) is 38.2 Å². The highest BCUT2D eigenvalue weighted by molar-refractivity contribution is 6.06. The van der Waals surface area contributed by atoms with E-state index in [-0.39, 0.29) is 5.95 Å². The number of hydrogen-bond acceptors (Lipinski definition) is 6. The topological polar surface area (TPSA) is 112 Å². The average Bonchev–Trinajstić information content (AvgIpc) is 3.17. The summed E-state index contributed by atoms with van der Waals surface area (Å²) in [5.74, 6) is 0.929. The molecule has 0 spiro atoms. The number of fused-ring (bicyclic) bond motifs is 1. The molecule has 4 aromatic rings. The zero-order valence-corrected chi connectivity index (χ0v) is 14.4. The third-order valence-electron chi connectivity index (χ3n) is 3.86. The minimum Gasteiger partial charge on any atom is -0.373 e. The van der Waals surface area contributed by atoms with Crippen LogP contribution in [0.4, 0.5) is 27.9 Å². The lowest BCUT2D eigenvalue weighted by Crippen LogP contribution is -2.32. The summed E-state index contributed by atoms with van der Waals surface area (Å²) in [4.78, 5) is 27.3. The Kier molecular flexibility index (Phi) is 4.32. The third-order valence-corrected chi connectivity index (χ3v) is 3.86. The van der Waals surface area contributed by atoms with E-state index in [9.17, 15) is 4.79 Å². The first-order valence-corrected chi connectivity index (χ1v) is 8.21. The van der Waals surface area contributed by atoms with E-state index >= 15 is 0 Å². The van der Waals surface area contributed by atoms with Gasteiger partial charge in [0.1, 0.15) is 5.82 Å². The molecular weight excluding hydrogens is 344 g/mol. The van der Waals surface area contributed by atoms with Crippen LogP contribution in [0.2, 0.25) is 0 Å². The zero-order valence-electron chi connectivity index (χ0n) is 14.4. The summed E-state index contributed by atoms with van der Waals surface area (Å²) >= 11 is 0. The van der Waals surface area contributed by atoms with Crippen molar-refractivity contribution in [2.24, 2.45) is 0 Å². The Morgan fingerprint density at radius 2 is 1.93 bits per heavy atom. The number of para-hydroxylation sites is 1. The Morgan fingerprint density at radius 3 is 2.67 bits per heavy atom. The highest BCUT2D eigenvalue weighted by Gasteiger charge is 2.21. The van der Waals surface area contributed by atoms with Crippen LogP contribution < -0.4 is 15.5 Å². The second-order valence-electron chi connectivity index (χ2n) is 5.62. The molecule has 0 radical (unpaired) electrons. The Hall–Kier alpha value is -4.01. The van der Waals surface area contributed by atoms with Gasteiger partial charge in [-0.1, -0.05) is 18.2 Å². The third kappa shape index (κ3) is 3.38. The van der Waals surface area contributed by atoms with Crippen molar-refractivity contribution < 1.29 is 4.79 Å². The van der Waals surface area contributed by atoms with E-state index in [4.69, 9.17) is 0 Å². The molecule has 2 amide bonds. The molecule has 3 aromatic heterocycles. The van der Waals surface area contributed by atoms with Crippen LogP contribution in [0.3, 0.4) is 0 Å². The molecule has 0 saturated heterocycles. The number of H-pyrrole nitrogens is 1. The number of nitrogens with one attached hydrogen (secondary N) is 3. The van der Waals surface area contributed by atoms with Gasteiger partial charge in [0, 0.05) is 19.4 Å². The molecule has 27 heavy (non-hydrogen) atoms. The fraction of sp³-hybridized carbons (Fsp3) is 0.0556. The van der Waals surface area contributed by atoms with Crippen LogP contribution in [0, 0.1) is 0 Å². The van der Waals surface area contributed by atoms with Crippen molar-refractivity contribution in [3.8, 4) is 0 Å². The van der Waals surface area contributed by atoms with E-state index in [2.05, 4.69) is 35.8 Å². The van der Waals surface area contributed by atoms with Crippen LogP contribution in [0.15, 0.2) is 61.1 Å². The molecule has 0 bridgehead atoms. The summed E-state index contributed by atoms with van der Waals surface area (Å²) in [5, 5.41) is 13.3. The molecule has 0 unspecified atom stereocenters. The number of hydrogen-bond donors (Lipinski definition) is 3. The maximum Gasteiger partial charge on any atom is 0.333 e. The lowest BCUT2D eigenvalue weighted by molar-refractivity contribution is 0.258. The van der Waals surface area contributed by atoms with Gasteiger partial charge in [-0.05, 0) is 24.3 Å². The number of aromatic amines is 1. The summed E-state index contributed by atoms with van der Waals surface area (Å²) in [5.41, 5.74) is 1.67. The normalized spacial score (nSPS) is 10.6. The van der Waals surface area contributed by atoms with Gasteiger partial charge in [-0.25, -0.2) is 19.7 Å². The number of nitrogens with zero attached hydrogens (tertiary/aromatic N) is 5. The van der Waals surface area contributed by atoms with Gasteiger partial charge in [0.2, 0.25) is 5.95 Å². The number of benzene rings is 1. The fourth-order valence-electron chi connectivity index (χ4n) is 2.53. The zero-order chi connectivity index (χ0) is 18.6. The number of urea groups is 1. The predicted molar refractivity (Wildman–Crippen MR) is 103 cm³/mol. The van der Waals surface area contributed by atoms with Crippen LogP contribution >= 0.6 is 0 Å². The predicted octanol–water partition coefficient (Wildman–Crippen LogP) is 3.16. The van der Waals surface area contributed by atoms with E-state index in [1.165, 1.54) is 4.90 Å². The van der Waals surface area contributed by atoms with Gasteiger partial charge < -0.3 is 10.6 Å². The molecule has 3 heterocycles. The lowest BCUT2D eigenvalue weighted by atomic mass is 10.3. The Labute approximate surface area is 154 Å². The molecule has 0 aliphatic heterocycles. The van der Waals surface area contributed by atoms with Crippen molar-refractivity contribution in [2.45, 2.75) is 0 Å². The smallest absolute Gasteiger partial charge is 0.333 e. The minimum atomic E-state index is -0.407. The quantitative estimate of drug-likeness (QED) is 0.515. The van der Waals surface area contributed by atoms with Crippen molar-refractivity contribution in [1.82, 2.24) is 25.1 Å². The van der Waals surface area contributed by atoms with Gasteiger partial charge in [0.05, 0.1) is 23.0 Å². The molecule has 3 N–H and O–H groups in total. The molecule has 0 atom stereocenters. The molecule has 0 fully saturated rings. The molecule has 0 aliphatic carbocycles. The number of amides is 2. The highest BCUT2D eigenvalue weighted by atomic mass is 16.2. The summed E-state index contributed by atoms with van der Waals surface area (Å²) < 4.78 is 0. The molecule has 134 valence electrons. The van der Waals surface area contributed by atoms with Crippen LogP contribution in [0.5, 0.6) is 0 Å². The van der Waals surface area contributed by atoms with Gasteiger partial charge in [-0.15, -0.1) is 0 Å². The monoisotopic (exact) mass is 360 g/mol. The largest absolute Gasteiger partial charge is 0.373 e. The Morgan fingerprint density at radius 1 is 1.07 bits per heavy atom. The van der Waals surface area contributed by atoms with E-state index in [0.29, 0.717) is 22.8 Å². The van der Waals surface area contributed by atoms with Gasteiger partial charge in [0.15, 0.2) is 5.65 Å². The van der Waals surface area contributed by atoms with Gasteiger partial charge in [0.25, 0.3) is 0 Å². The van der Waals surface area contributed by atoms with Crippen molar-refractivity contribution in [1.29, 1.82) is 0 Å². The second kappa shape index (κ2) is 7.08. The first-order valence-electron chi connectivity index (χ1n) is 8.21. The molecular formula is C18H16N8O. The van der Waals surface area contributed by atoms with E-state index < -0.39 is 6.03 Å². The first kappa shape index (κ1) is 16.5. The first-order chi connectivity index (χ1) is 13.2.